The third kappa shape index (κ3) is 26.5. The minimum absolute atomic E-state index is 0.359. The van der Waals surface area contributed by atoms with Gasteiger partial charge in [0.1, 0.15) is 59.7 Å². The number of nitrogens with one attached hydrogen (secondary N) is 4. The number of para-hydroxylation sites is 6. The molecule has 0 saturated heterocycles. The Morgan fingerprint density at radius 3 is 1.61 bits per heavy atom. The van der Waals surface area contributed by atoms with E-state index in [0.717, 1.165) is 114 Å². The molecule has 18 aromatic rings. The van der Waals surface area contributed by atoms with Crippen LogP contribution in [0, 0.1) is 6.92 Å². The van der Waals surface area contributed by atoms with Crippen LogP contribution in [0.1, 0.15) is 307 Å². The predicted molar refractivity (Wildman–Crippen MR) is 521 cm³/mol. The molecule has 1 aliphatic heterocycles. The molecule has 127 heavy (non-hydrogen) atoms. The Morgan fingerprint density at radius 1 is 0.433 bits per heavy atom. The van der Waals surface area contributed by atoms with Crippen molar-refractivity contribution in [3.05, 3.63) is 268 Å². The average molecular weight is 1750 g/mol. The number of hydrogen-bond acceptors (Lipinski definition) is 22. The fourth-order valence-corrected chi connectivity index (χ4v) is 15.2. The van der Waals surface area contributed by atoms with Crippen LogP contribution in [0.2, 0.25) is 0 Å². The minimum Gasteiger partial charge on any atom is -0.440 e. The average Bonchev–Trinajstić information content (AvgIpc) is 1.65. The van der Waals surface area contributed by atoms with Crippen molar-refractivity contribution in [1.82, 2.24) is 120 Å². The molecule has 0 radical (unpaired) electrons. The molecule has 28 heteroatoms. The van der Waals surface area contributed by atoms with Crippen molar-refractivity contribution < 1.29 is 4.42 Å². The molecule has 0 fully saturated rings. The number of aliphatic imine (C=N–C) groups is 1. The first-order valence-corrected chi connectivity index (χ1v) is 45.4. The number of benzene rings is 4. The minimum atomic E-state index is 0.359. The van der Waals surface area contributed by atoms with E-state index in [-0.39, 0.29) is 0 Å². The summed E-state index contributed by atoms with van der Waals surface area (Å²) >= 11 is 3.60. The van der Waals surface area contributed by atoms with Gasteiger partial charge in [0.15, 0.2) is 17.1 Å². The lowest BCUT2D eigenvalue weighted by atomic mass is 10.0. The van der Waals surface area contributed by atoms with Crippen molar-refractivity contribution in [2.24, 2.45) is 19.1 Å². The van der Waals surface area contributed by atoms with Gasteiger partial charge < -0.3 is 14.0 Å². The largest absolute Gasteiger partial charge is 0.440 e. The number of aromatic amines is 4. The second-order valence-electron chi connectivity index (χ2n) is 34.3. The first kappa shape index (κ1) is 96.5. The van der Waals surface area contributed by atoms with Gasteiger partial charge in [-0.3, -0.25) is 25.0 Å². The van der Waals surface area contributed by atoms with E-state index >= 15 is 0 Å². The fourth-order valence-electron chi connectivity index (χ4n) is 13.2. The first-order valence-electron chi connectivity index (χ1n) is 43.7. The van der Waals surface area contributed by atoms with E-state index in [1.807, 2.05) is 122 Å². The van der Waals surface area contributed by atoms with Crippen molar-refractivity contribution in [1.29, 1.82) is 0 Å². The van der Waals surface area contributed by atoms with Crippen LogP contribution in [-0.4, -0.2) is 126 Å². The number of imidazole rings is 1. The van der Waals surface area contributed by atoms with Gasteiger partial charge in [0, 0.05) is 91.2 Å². The number of allylic oxidation sites excluding steroid dienone is 1. The zero-order valence-corrected chi connectivity index (χ0v) is 79.9. The summed E-state index contributed by atoms with van der Waals surface area (Å²) in [5.74, 6) is 7.15. The van der Waals surface area contributed by atoms with Crippen molar-refractivity contribution in [2.45, 2.75) is 237 Å². The molecule has 4 N–H and O–H groups in total. The van der Waals surface area contributed by atoms with E-state index in [9.17, 15) is 0 Å². The lowest BCUT2D eigenvalue weighted by Gasteiger charge is -2.07. The van der Waals surface area contributed by atoms with Crippen LogP contribution in [0.25, 0.3) is 81.7 Å². The maximum absolute atomic E-state index is 5.52. The summed E-state index contributed by atoms with van der Waals surface area (Å²) in [5.41, 5.74) is 23.9. The molecular formula is C99H125N25OS2. The Labute approximate surface area is 754 Å². The number of aryl methyl sites for hydroxylation is 3. The van der Waals surface area contributed by atoms with E-state index < -0.39 is 0 Å². The fraction of sp³-hybridized carbons (Fsp3) is 0.384. The molecule has 0 atom stereocenters. The van der Waals surface area contributed by atoms with Gasteiger partial charge in [-0.1, -0.05) is 213 Å². The van der Waals surface area contributed by atoms with Crippen LogP contribution in [0.3, 0.4) is 0 Å². The van der Waals surface area contributed by atoms with Gasteiger partial charge in [-0.2, -0.15) is 20.4 Å². The summed E-state index contributed by atoms with van der Waals surface area (Å²) in [5, 5.41) is 28.9. The summed E-state index contributed by atoms with van der Waals surface area (Å²) in [6.45, 7) is 49.9. The van der Waals surface area contributed by atoms with Gasteiger partial charge >= 0.3 is 0 Å². The van der Waals surface area contributed by atoms with E-state index in [4.69, 9.17) is 4.42 Å². The van der Waals surface area contributed by atoms with Crippen LogP contribution in [0.4, 0.5) is 0 Å². The second-order valence-corrected chi connectivity index (χ2v) is 36.4. The summed E-state index contributed by atoms with van der Waals surface area (Å²) in [7, 11) is 3.89. The first-order chi connectivity index (χ1) is 60.9. The van der Waals surface area contributed by atoms with Crippen LogP contribution < -0.4 is 0 Å². The molecule has 0 amide bonds. The van der Waals surface area contributed by atoms with Gasteiger partial charge in [0.25, 0.3) is 0 Å². The summed E-state index contributed by atoms with van der Waals surface area (Å²) in [6.07, 6.45) is 26.3. The molecule has 0 unspecified atom stereocenters. The highest BCUT2D eigenvalue weighted by Gasteiger charge is 2.19. The number of hydrogen-bond donors (Lipinski definition) is 4. The molecular weight excluding hydrogens is 1620 g/mol. The normalized spacial score (nSPS) is 11.7. The Balaban J connectivity index is 0.000000146. The number of aromatic nitrogens is 24. The number of oxazole rings is 1. The lowest BCUT2D eigenvalue weighted by molar-refractivity contribution is 0.501. The highest BCUT2D eigenvalue weighted by Crippen LogP contribution is 2.32. The Hall–Kier alpha value is -12.7. The quantitative estimate of drug-likeness (QED) is 0.0934. The molecule has 0 bridgehead atoms. The van der Waals surface area contributed by atoms with Crippen LogP contribution >= 0.6 is 22.7 Å². The van der Waals surface area contributed by atoms with Gasteiger partial charge in [0.2, 0.25) is 0 Å². The molecule has 14 aromatic heterocycles. The summed E-state index contributed by atoms with van der Waals surface area (Å²) in [4.78, 5) is 67.6. The third-order valence-electron chi connectivity index (χ3n) is 20.3. The van der Waals surface area contributed by atoms with Gasteiger partial charge in [0.05, 0.1) is 112 Å². The molecule has 4 aromatic carbocycles. The third-order valence-corrected chi connectivity index (χ3v) is 23.0. The summed E-state index contributed by atoms with van der Waals surface area (Å²) in [6, 6.07) is 34.6. The van der Waals surface area contributed by atoms with Gasteiger partial charge in [-0.25, -0.2) is 69.8 Å². The van der Waals surface area contributed by atoms with Gasteiger partial charge in [-0.15, -0.1) is 22.7 Å². The number of fused-ring (bicyclic) bond motifs is 9. The number of H-pyrrole nitrogens is 4. The molecule has 664 valence electrons. The van der Waals surface area contributed by atoms with E-state index in [1.54, 1.807) is 60.0 Å². The van der Waals surface area contributed by atoms with Gasteiger partial charge in [-0.05, 0) is 114 Å². The zero-order chi connectivity index (χ0) is 91.5. The zero-order valence-electron chi connectivity index (χ0n) is 78.3. The SMILES string of the molecule is CC(C)c1ccn[nH]1.CC(C)c1cn[nH]c1.CC(C)c1nc2ccccc2[nH]1.CC(C)c1nc2ccccc2o1.CC(C)c1nc2ccccc2s1.CC(C)c1ncnc2c1C=CC2.CC(C)c1ncnc2c1C=NC2.CC(C)c1ncnc2c1ccn2C.CC(C)c1ncnc2c1cnn2C.CC(C)c1ncnc2cn[nH]c12.Cc1cccc2sc(C(C)C)nc12. The number of rotatable bonds is 11. The van der Waals surface area contributed by atoms with E-state index in [1.165, 1.54) is 64.1 Å². The highest BCUT2D eigenvalue weighted by molar-refractivity contribution is 7.19. The highest BCUT2D eigenvalue weighted by atomic mass is 32.1. The Bertz CT molecular complexity index is 5970. The maximum Gasteiger partial charge on any atom is 0.198 e. The van der Waals surface area contributed by atoms with E-state index in [2.05, 4.69) is 329 Å². The summed E-state index contributed by atoms with van der Waals surface area (Å²) < 4.78 is 11.9. The van der Waals surface area contributed by atoms with Crippen molar-refractivity contribution >= 4 is 111 Å². The van der Waals surface area contributed by atoms with Crippen LogP contribution in [-0.2, 0) is 27.1 Å². The van der Waals surface area contributed by atoms with Crippen LogP contribution in [0.15, 0.2) is 187 Å². The number of nitrogens with zero attached hydrogens (tertiary/aromatic N) is 21. The smallest absolute Gasteiger partial charge is 0.198 e. The Morgan fingerprint density at radius 2 is 1.02 bits per heavy atom. The van der Waals surface area contributed by atoms with Crippen molar-refractivity contribution in [2.75, 3.05) is 0 Å². The molecule has 15 heterocycles. The van der Waals surface area contributed by atoms with Crippen molar-refractivity contribution in [3.63, 3.8) is 0 Å². The Kier molecular flexibility index (Phi) is 35.3. The molecule has 1 aliphatic carbocycles. The topological polar surface area (TPSA) is 331 Å². The maximum atomic E-state index is 5.52. The molecule has 20 rings (SSSR count). The van der Waals surface area contributed by atoms with E-state index in [0.29, 0.717) is 65.1 Å². The second kappa shape index (κ2) is 46.5. The number of thiazole rings is 2. The molecule has 2 aliphatic rings. The molecule has 0 spiro atoms. The monoisotopic (exact) mass is 1740 g/mol. The lowest BCUT2D eigenvalue weighted by Crippen LogP contribution is -2.02. The molecule has 0 saturated carbocycles. The standard InChI is InChI=1S/C11H13NS.C10H13N3.2C10H12N2.C10H11NO.C10H11NS.C9H12N4.C9H11N3.C8H10N4.2C6H10N2/c1-7(2)11-12-10-8(3)5-4-6-9(10)13-11;1-7(2)9-8-4-5-13(3)10(8)12-6-11-9;1-7(2)10-8-4-3-5-9(8)11-6-12-10;3*1-7(2)10-11-8-5-3-4-6-9(8)12-10;1-6(2)8-7-4-12-13(3)9(7)11-5-10-8;1-6(2)9-7-3-10-4-8(7)11-5-12-9;1-5(2)7-8-6(3-11-12-8)9-4-10-7;1-5(2)6-3-7-8-4-6;1-5(2)6-3-4-7-8-6/h2*4-7H,1-3H3;3-4,6-7H,5H2,1-2H3;3-7H,1-2H3,(H,11,12);2*3-7H,1-2H3;4-6H,1-3H3;3,5-6H,4H2,1-2H3;3-5H,1-2H3,(H,11,12);2*3-5H,1-2H3,(H,7,8). The predicted octanol–water partition coefficient (Wildman–Crippen LogP) is 24.6. The molecule has 26 nitrogen and oxygen atoms in total. The van der Waals surface area contributed by atoms with Crippen molar-refractivity contribution in [3.8, 4) is 0 Å². The van der Waals surface area contributed by atoms with Crippen LogP contribution in [0.5, 0.6) is 0 Å².